The predicted octanol–water partition coefficient (Wildman–Crippen LogP) is 0.204. The van der Waals surface area contributed by atoms with Crippen LogP contribution in [0.15, 0.2) is 18.7 Å². The highest BCUT2D eigenvalue weighted by Crippen LogP contribution is 2.15. The molecule has 0 aliphatic heterocycles. The molecule has 0 fully saturated rings. The molecule has 2 heterocycles. The fourth-order valence-electron chi connectivity index (χ4n) is 1.82. The predicted molar refractivity (Wildman–Crippen MR) is 79.1 cm³/mol. The van der Waals surface area contributed by atoms with Crippen LogP contribution in [0.5, 0.6) is 0 Å². The molecule has 0 bridgehead atoms. The van der Waals surface area contributed by atoms with Crippen molar-refractivity contribution in [2.45, 2.75) is 19.9 Å². The van der Waals surface area contributed by atoms with Gasteiger partial charge in [-0.15, -0.1) is 0 Å². The Labute approximate surface area is 123 Å². The van der Waals surface area contributed by atoms with E-state index in [9.17, 15) is 0 Å². The van der Waals surface area contributed by atoms with Crippen molar-refractivity contribution in [3.05, 3.63) is 18.7 Å². The number of nitrogens with zero attached hydrogens (tertiary/aromatic N) is 6. The summed E-state index contributed by atoms with van der Waals surface area (Å²) >= 11 is 0. The maximum atomic E-state index is 5.45. The Hall–Kier alpha value is -2.26. The lowest BCUT2D eigenvalue weighted by atomic mass is 10.3. The van der Waals surface area contributed by atoms with Gasteiger partial charge in [0.1, 0.15) is 6.33 Å². The van der Waals surface area contributed by atoms with Gasteiger partial charge in [0, 0.05) is 32.1 Å². The van der Waals surface area contributed by atoms with Gasteiger partial charge in [0.05, 0.1) is 6.61 Å². The van der Waals surface area contributed by atoms with E-state index in [0.717, 1.165) is 0 Å². The molecule has 21 heavy (non-hydrogen) atoms. The molecule has 0 saturated carbocycles. The maximum Gasteiger partial charge on any atom is 0.243 e. The molecule has 2 aromatic rings. The molecule has 114 valence electrons. The highest BCUT2D eigenvalue weighted by molar-refractivity contribution is 5.40. The summed E-state index contributed by atoms with van der Waals surface area (Å²) < 4.78 is 6.83. The Kier molecular flexibility index (Phi) is 5.01. The van der Waals surface area contributed by atoms with Crippen LogP contribution >= 0.6 is 0 Å². The van der Waals surface area contributed by atoms with Gasteiger partial charge in [-0.2, -0.15) is 15.0 Å². The van der Waals surface area contributed by atoms with Gasteiger partial charge in [-0.3, -0.25) is 9.99 Å². The second-order valence-electron chi connectivity index (χ2n) is 4.65. The molecule has 0 aliphatic carbocycles. The van der Waals surface area contributed by atoms with E-state index < -0.39 is 0 Å². The number of nitrogen functional groups attached to an aromatic ring is 1. The SMILES string of the molecule is COCCN(c1nc(NN)nc(-n2ccnc2)n1)C(C)C. The van der Waals surface area contributed by atoms with Crippen LogP contribution in [0.2, 0.25) is 0 Å². The van der Waals surface area contributed by atoms with Crippen molar-refractivity contribution in [3.63, 3.8) is 0 Å². The highest BCUT2D eigenvalue weighted by atomic mass is 16.5. The van der Waals surface area contributed by atoms with Crippen LogP contribution in [-0.4, -0.2) is 50.8 Å². The third-order valence-electron chi connectivity index (χ3n) is 2.89. The molecule has 0 aliphatic rings. The first-order valence-electron chi connectivity index (χ1n) is 6.62. The summed E-state index contributed by atoms with van der Waals surface area (Å²) in [4.78, 5) is 19.0. The minimum Gasteiger partial charge on any atom is -0.383 e. The number of methoxy groups -OCH3 is 1. The Bertz CT molecular complexity index is 556. The first kappa shape index (κ1) is 15.1. The first-order chi connectivity index (χ1) is 10.2. The molecule has 3 N–H and O–H groups in total. The minimum absolute atomic E-state index is 0.212. The van der Waals surface area contributed by atoms with E-state index in [1.54, 1.807) is 30.4 Å². The van der Waals surface area contributed by atoms with Crippen molar-refractivity contribution in [3.8, 4) is 5.95 Å². The van der Waals surface area contributed by atoms with Crippen molar-refractivity contribution in [2.24, 2.45) is 5.84 Å². The zero-order valence-corrected chi connectivity index (χ0v) is 12.4. The van der Waals surface area contributed by atoms with Crippen molar-refractivity contribution in [1.82, 2.24) is 24.5 Å². The molecule has 9 nitrogen and oxygen atoms in total. The van der Waals surface area contributed by atoms with E-state index >= 15 is 0 Å². The number of hydrogen-bond donors (Lipinski definition) is 2. The van der Waals surface area contributed by atoms with Crippen molar-refractivity contribution in [2.75, 3.05) is 30.6 Å². The molecule has 0 amide bonds. The second-order valence-corrected chi connectivity index (χ2v) is 4.65. The van der Waals surface area contributed by atoms with Gasteiger partial charge in [0.25, 0.3) is 0 Å². The number of ether oxygens (including phenoxy) is 1. The number of aromatic nitrogens is 5. The summed E-state index contributed by atoms with van der Waals surface area (Å²) in [5.74, 6) is 6.73. The highest BCUT2D eigenvalue weighted by Gasteiger charge is 2.16. The Balaban J connectivity index is 2.39. The van der Waals surface area contributed by atoms with Crippen LogP contribution in [0.3, 0.4) is 0 Å². The fourth-order valence-corrected chi connectivity index (χ4v) is 1.82. The molecule has 2 rings (SSSR count). The molecule has 0 radical (unpaired) electrons. The molecular weight excluding hydrogens is 272 g/mol. The van der Waals surface area contributed by atoms with Gasteiger partial charge in [0.15, 0.2) is 0 Å². The van der Waals surface area contributed by atoms with E-state index in [2.05, 4.69) is 39.2 Å². The smallest absolute Gasteiger partial charge is 0.243 e. The number of rotatable bonds is 7. The number of hydrazine groups is 1. The molecular formula is C12H20N8O. The van der Waals surface area contributed by atoms with Crippen LogP contribution in [0.1, 0.15) is 13.8 Å². The molecule has 9 heteroatoms. The van der Waals surface area contributed by atoms with Crippen LogP contribution in [-0.2, 0) is 4.74 Å². The summed E-state index contributed by atoms with van der Waals surface area (Å²) in [6, 6.07) is 0.212. The molecule has 2 aromatic heterocycles. The molecule has 0 saturated heterocycles. The lowest BCUT2D eigenvalue weighted by Crippen LogP contribution is -2.36. The second kappa shape index (κ2) is 6.95. The van der Waals surface area contributed by atoms with E-state index in [1.165, 1.54) is 0 Å². The molecule has 0 spiro atoms. The Morgan fingerprint density at radius 1 is 1.38 bits per heavy atom. The summed E-state index contributed by atoms with van der Waals surface area (Å²) in [6.45, 7) is 5.37. The van der Waals surface area contributed by atoms with Crippen molar-refractivity contribution < 1.29 is 4.74 Å². The van der Waals surface area contributed by atoms with E-state index in [0.29, 0.717) is 31.0 Å². The van der Waals surface area contributed by atoms with Gasteiger partial charge < -0.3 is 9.64 Å². The van der Waals surface area contributed by atoms with Crippen molar-refractivity contribution in [1.29, 1.82) is 0 Å². The topological polar surface area (TPSA) is 107 Å². The van der Waals surface area contributed by atoms with Crippen LogP contribution in [0.25, 0.3) is 5.95 Å². The van der Waals surface area contributed by atoms with Crippen LogP contribution in [0, 0.1) is 0 Å². The lowest BCUT2D eigenvalue weighted by Gasteiger charge is -2.26. The lowest BCUT2D eigenvalue weighted by molar-refractivity contribution is 0.203. The first-order valence-corrected chi connectivity index (χ1v) is 6.62. The van der Waals surface area contributed by atoms with Crippen LogP contribution in [0.4, 0.5) is 11.9 Å². The van der Waals surface area contributed by atoms with Gasteiger partial charge >= 0.3 is 0 Å². The Morgan fingerprint density at radius 3 is 2.76 bits per heavy atom. The molecule has 0 aromatic carbocycles. The number of hydrogen-bond acceptors (Lipinski definition) is 8. The normalized spacial score (nSPS) is 10.9. The summed E-state index contributed by atoms with van der Waals surface area (Å²) in [5.41, 5.74) is 2.47. The zero-order chi connectivity index (χ0) is 15.2. The van der Waals surface area contributed by atoms with E-state index in [4.69, 9.17) is 10.6 Å². The maximum absolute atomic E-state index is 5.45. The number of anilines is 2. The average molecular weight is 292 g/mol. The number of nitrogens with two attached hydrogens (primary N) is 1. The molecule has 0 atom stereocenters. The third kappa shape index (κ3) is 3.64. The standard InChI is InChI=1S/C12H20N8O/c1-9(2)20(6-7-21-3)12-16-10(18-13)15-11(17-12)19-5-4-14-8-19/h4-5,8-9H,6-7,13H2,1-3H3,(H,15,16,17,18). The van der Waals surface area contributed by atoms with Crippen LogP contribution < -0.4 is 16.2 Å². The monoisotopic (exact) mass is 292 g/mol. The number of nitrogens with one attached hydrogen (secondary N) is 1. The third-order valence-corrected chi connectivity index (χ3v) is 2.89. The fraction of sp³-hybridized carbons (Fsp3) is 0.500. The van der Waals surface area contributed by atoms with E-state index in [1.807, 2.05) is 4.90 Å². The Morgan fingerprint density at radius 2 is 2.19 bits per heavy atom. The molecule has 0 unspecified atom stereocenters. The summed E-state index contributed by atoms with van der Waals surface area (Å²) in [6.07, 6.45) is 5.03. The largest absolute Gasteiger partial charge is 0.383 e. The minimum atomic E-state index is 0.212. The summed E-state index contributed by atoms with van der Waals surface area (Å²) in [7, 11) is 1.66. The van der Waals surface area contributed by atoms with Gasteiger partial charge in [0.2, 0.25) is 17.8 Å². The number of imidazole rings is 1. The zero-order valence-electron chi connectivity index (χ0n) is 12.4. The van der Waals surface area contributed by atoms with E-state index in [-0.39, 0.29) is 6.04 Å². The van der Waals surface area contributed by atoms with Crippen molar-refractivity contribution >= 4 is 11.9 Å². The van der Waals surface area contributed by atoms with Gasteiger partial charge in [-0.1, -0.05) is 0 Å². The average Bonchev–Trinajstić information content (AvgIpc) is 3.01. The quantitative estimate of drug-likeness (QED) is 0.550. The van der Waals surface area contributed by atoms with Gasteiger partial charge in [-0.25, -0.2) is 10.8 Å². The van der Waals surface area contributed by atoms with Gasteiger partial charge in [-0.05, 0) is 13.8 Å². The summed E-state index contributed by atoms with van der Waals surface area (Å²) in [5, 5.41) is 0.